The Balaban J connectivity index is 2.49. The van der Waals surface area contributed by atoms with E-state index in [2.05, 4.69) is 10.1 Å². The van der Waals surface area contributed by atoms with Crippen LogP contribution in [0.1, 0.15) is 19.4 Å². The predicted octanol–water partition coefficient (Wildman–Crippen LogP) is 1.39. The number of hydrogen-bond acceptors (Lipinski definition) is 3. The molecule has 5 heteroatoms. The van der Waals surface area contributed by atoms with Crippen molar-refractivity contribution in [1.29, 1.82) is 0 Å². The summed E-state index contributed by atoms with van der Waals surface area (Å²) in [6.45, 7) is 3.24. The highest BCUT2D eigenvalue weighted by Gasteiger charge is 2.16. The number of carbonyl (C=O) groups is 2. The van der Waals surface area contributed by atoms with Crippen molar-refractivity contribution in [2.75, 3.05) is 0 Å². The van der Waals surface area contributed by atoms with Crippen molar-refractivity contribution < 1.29 is 18.7 Å². The first-order valence-electron chi connectivity index (χ1n) is 5.23. The van der Waals surface area contributed by atoms with Gasteiger partial charge in [-0.3, -0.25) is 4.79 Å². The van der Waals surface area contributed by atoms with E-state index < -0.39 is 17.7 Å². The van der Waals surface area contributed by atoms with E-state index in [1.807, 2.05) is 0 Å². The van der Waals surface area contributed by atoms with E-state index in [0.717, 1.165) is 0 Å². The van der Waals surface area contributed by atoms with Crippen LogP contribution < -0.4 is 5.32 Å². The van der Waals surface area contributed by atoms with Crippen molar-refractivity contribution in [1.82, 2.24) is 5.32 Å². The minimum Gasteiger partial charge on any atom is -0.456 e. The van der Waals surface area contributed by atoms with E-state index in [1.54, 1.807) is 26.0 Å². The highest BCUT2D eigenvalue weighted by molar-refractivity contribution is 6.32. The maximum absolute atomic E-state index is 13.2. The molecule has 0 unspecified atom stereocenters. The molecule has 0 aliphatic carbocycles. The van der Waals surface area contributed by atoms with Gasteiger partial charge in [0.1, 0.15) is 5.82 Å². The molecular formula is C12H14FNO3. The molecule has 0 radical (unpaired) electrons. The molecule has 1 N–H and O–H groups in total. The molecule has 17 heavy (non-hydrogen) atoms. The number of hydrogen-bond donors (Lipinski definition) is 1. The Bertz CT molecular complexity index is 418. The molecule has 1 aromatic carbocycles. The Morgan fingerprint density at radius 3 is 2.59 bits per heavy atom. The van der Waals surface area contributed by atoms with Gasteiger partial charge in [-0.15, -0.1) is 0 Å². The lowest BCUT2D eigenvalue weighted by Gasteiger charge is -2.08. The third kappa shape index (κ3) is 4.22. The average molecular weight is 239 g/mol. The summed E-state index contributed by atoms with van der Waals surface area (Å²) >= 11 is 0. The Morgan fingerprint density at radius 1 is 1.35 bits per heavy atom. The molecule has 0 heterocycles. The maximum atomic E-state index is 13.2. The molecule has 0 fully saturated rings. The third-order valence-electron chi connectivity index (χ3n) is 1.93. The van der Waals surface area contributed by atoms with E-state index in [-0.39, 0.29) is 12.6 Å². The van der Waals surface area contributed by atoms with Crippen LogP contribution in [0.15, 0.2) is 24.3 Å². The fourth-order valence-electron chi connectivity index (χ4n) is 1.16. The molecule has 92 valence electrons. The summed E-state index contributed by atoms with van der Waals surface area (Å²) in [7, 11) is 0. The zero-order valence-electron chi connectivity index (χ0n) is 9.70. The van der Waals surface area contributed by atoms with Gasteiger partial charge in [-0.25, -0.2) is 9.18 Å². The SMILES string of the molecule is CC(C)OC(=O)C(=O)NCc1ccccc1F. The predicted molar refractivity (Wildman–Crippen MR) is 59.5 cm³/mol. The second-order valence-corrected chi connectivity index (χ2v) is 3.73. The van der Waals surface area contributed by atoms with Crippen LogP contribution in [0.3, 0.4) is 0 Å². The first kappa shape index (κ1) is 13.2. The summed E-state index contributed by atoms with van der Waals surface area (Å²) in [4.78, 5) is 22.4. The second kappa shape index (κ2) is 5.98. The average Bonchev–Trinajstić information content (AvgIpc) is 2.26. The minimum atomic E-state index is -0.962. The van der Waals surface area contributed by atoms with Gasteiger partial charge in [-0.2, -0.15) is 0 Å². The first-order chi connectivity index (χ1) is 8.00. The standard InChI is InChI=1S/C12H14FNO3/c1-8(2)17-12(16)11(15)14-7-9-5-3-4-6-10(9)13/h3-6,8H,7H2,1-2H3,(H,14,15). The Kier molecular flexibility index (Phi) is 4.63. The molecule has 4 nitrogen and oxygen atoms in total. The zero-order chi connectivity index (χ0) is 12.8. The Labute approximate surface area is 98.8 Å². The summed E-state index contributed by atoms with van der Waals surface area (Å²) in [6, 6.07) is 6.02. The molecule has 1 aromatic rings. The molecule has 0 aliphatic heterocycles. The minimum absolute atomic E-state index is 0.0430. The van der Waals surface area contributed by atoms with Crippen LogP contribution in [-0.4, -0.2) is 18.0 Å². The number of nitrogens with one attached hydrogen (secondary N) is 1. The van der Waals surface area contributed by atoms with Gasteiger partial charge < -0.3 is 10.1 Å². The number of esters is 1. The normalized spacial score (nSPS) is 10.1. The van der Waals surface area contributed by atoms with Crippen molar-refractivity contribution in [2.45, 2.75) is 26.5 Å². The summed E-state index contributed by atoms with van der Waals surface area (Å²) in [5, 5.41) is 2.29. The highest BCUT2D eigenvalue weighted by Crippen LogP contribution is 2.05. The molecule has 0 saturated heterocycles. The number of rotatable bonds is 3. The summed E-state index contributed by atoms with van der Waals surface area (Å²) in [6.07, 6.45) is -0.360. The van der Waals surface area contributed by atoms with Gasteiger partial charge >= 0.3 is 11.9 Å². The molecule has 1 amide bonds. The van der Waals surface area contributed by atoms with Crippen LogP contribution >= 0.6 is 0 Å². The van der Waals surface area contributed by atoms with E-state index in [0.29, 0.717) is 5.56 Å². The number of carbonyl (C=O) groups excluding carboxylic acids is 2. The lowest BCUT2D eigenvalue weighted by molar-refractivity contribution is -0.157. The van der Waals surface area contributed by atoms with Crippen molar-refractivity contribution in [3.05, 3.63) is 35.6 Å². The van der Waals surface area contributed by atoms with Crippen LogP contribution in [-0.2, 0) is 20.9 Å². The summed E-state index contributed by atoms with van der Waals surface area (Å²) in [5.41, 5.74) is 0.318. The summed E-state index contributed by atoms with van der Waals surface area (Å²) < 4.78 is 17.9. The van der Waals surface area contributed by atoms with E-state index >= 15 is 0 Å². The fourth-order valence-corrected chi connectivity index (χ4v) is 1.16. The van der Waals surface area contributed by atoms with Crippen molar-refractivity contribution in [2.24, 2.45) is 0 Å². The molecule has 0 spiro atoms. The Morgan fingerprint density at radius 2 is 2.00 bits per heavy atom. The third-order valence-corrected chi connectivity index (χ3v) is 1.93. The first-order valence-corrected chi connectivity index (χ1v) is 5.23. The summed E-state index contributed by atoms with van der Waals surface area (Å²) in [5.74, 6) is -2.26. The fraction of sp³-hybridized carbons (Fsp3) is 0.333. The van der Waals surface area contributed by atoms with Crippen LogP contribution in [0.25, 0.3) is 0 Å². The quantitative estimate of drug-likeness (QED) is 0.640. The number of halogens is 1. The number of benzene rings is 1. The van der Waals surface area contributed by atoms with Gasteiger partial charge in [0.15, 0.2) is 0 Å². The van der Waals surface area contributed by atoms with Gasteiger partial charge in [0.05, 0.1) is 6.10 Å². The van der Waals surface area contributed by atoms with Crippen molar-refractivity contribution in [3.8, 4) is 0 Å². The van der Waals surface area contributed by atoms with Gasteiger partial charge in [-0.05, 0) is 19.9 Å². The molecule has 1 rings (SSSR count). The van der Waals surface area contributed by atoms with E-state index in [9.17, 15) is 14.0 Å². The maximum Gasteiger partial charge on any atom is 0.397 e. The number of amides is 1. The topological polar surface area (TPSA) is 55.4 Å². The molecule has 0 aliphatic rings. The molecule has 0 saturated carbocycles. The molecular weight excluding hydrogens is 225 g/mol. The van der Waals surface area contributed by atoms with Crippen LogP contribution in [0, 0.1) is 5.82 Å². The highest BCUT2D eigenvalue weighted by atomic mass is 19.1. The molecule has 0 aromatic heterocycles. The second-order valence-electron chi connectivity index (χ2n) is 3.73. The van der Waals surface area contributed by atoms with E-state index in [4.69, 9.17) is 0 Å². The molecule has 0 atom stereocenters. The monoisotopic (exact) mass is 239 g/mol. The van der Waals surface area contributed by atoms with Gasteiger partial charge in [0.25, 0.3) is 0 Å². The van der Waals surface area contributed by atoms with Crippen LogP contribution in [0.4, 0.5) is 4.39 Å². The number of ether oxygens (including phenoxy) is 1. The van der Waals surface area contributed by atoms with Gasteiger partial charge in [-0.1, -0.05) is 18.2 Å². The van der Waals surface area contributed by atoms with E-state index in [1.165, 1.54) is 12.1 Å². The molecule has 0 bridgehead atoms. The van der Waals surface area contributed by atoms with Crippen molar-refractivity contribution >= 4 is 11.9 Å². The smallest absolute Gasteiger partial charge is 0.397 e. The largest absolute Gasteiger partial charge is 0.456 e. The lowest BCUT2D eigenvalue weighted by Crippen LogP contribution is -2.33. The lowest BCUT2D eigenvalue weighted by atomic mass is 10.2. The van der Waals surface area contributed by atoms with Crippen molar-refractivity contribution in [3.63, 3.8) is 0 Å². The van der Waals surface area contributed by atoms with Gasteiger partial charge in [0, 0.05) is 12.1 Å². The zero-order valence-corrected chi connectivity index (χ0v) is 9.70. The van der Waals surface area contributed by atoms with Crippen LogP contribution in [0.2, 0.25) is 0 Å². The van der Waals surface area contributed by atoms with Crippen LogP contribution in [0.5, 0.6) is 0 Å². The Hall–Kier alpha value is -1.91. The van der Waals surface area contributed by atoms with Gasteiger partial charge in [0.2, 0.25) is 0 Å².